The summed E-state index contributed by atoms with van der Waals surface area (Å²) >= 11 is 0. The van der Waals surface area contributed by atoms with Crippen LogP contribution in [0.5, 0.6) is 0 Å². The van der Waals surface area contributed by atoms with Crippen molar-refractivity contribution in [2.24, 2.45) is 0 Å². The minimum atomic E-state index is -0.338. The Labute approximate surface area is 124 Å². The van der Waals surface area contributed by atoms with Crippen molar-refractivity contribution in [3.8, 4) is 0 Å². The first-order chi connectivity index (χ1) is 10.1. The number of rotatable bonds is 2. The van der Waals surface area contributed by atoms with Gasteiger partial charge in [0.05, 0.1) is 0 Å². The lowest BCUT2D eigenvalue weighted by Crippen LogP contribution is -2.50. The highest BCUT2D eigenvalue weighted by molar-refractivity contribution is 6.05. The van der Waals surface area contributed by atoms with Gasteiger partial charge in [-0.25, -0.2) is 4.79 Å². The largest absolute Gasteiger partial charge is 0.366 e. The molecular weight excluding hydrogens is 268 g/mol. The third-order valence-electron chi connectivity index (χ3n) is 4.05. The molecule has 0 unspecified atom stereocenters. The quantitative estimate of drug-likeness (QED) is 0.850. The minimum absolute atomic E-state index is 0.206. The molecule has 2 N–H and O–H groups in total. The predicted octanol–water partition coefficient (Wildman–Crippen LogP) is 0.931. The van der Waals surface area contributed by atoms with Gasteiger partial charge < -0.3 is 10.2 Å². The van der Waals surface area contributed by atoms with Gasteiger partial charge in [0, 0.05) is 50.0 Å². The summed E-state index contributed by atoms with van der Waals surface area (Å²) in [5.74, 6) is -0.206. The van der Waals surface area contributed by atoms with Crippen molar-refractivity contribution < 1.29 is 9.59 Å². The molecule has 2 saturated heterocycles. The Kier molecular flexibility index (Phi) is 3.79. The molecule has 1 aromatic carbocycles. The number of hydrogen-bond donors (Lipinski definition) is 2. The number of amides is 3. The third-order valence-corrected chi connectivity index (χ3v) is 4.05. The topological polar surface area (TPSA) is 64.7 Å². The van der Waals surface area contributed by atoms with E-state index in [0.29, 0.717) is 19.0 Å². The van der Waals surface area contributed by atoms with Crippen LogP contribution in [-0.2, 0) is 4.79 Å². The van der Waals surface area contributed by atoms with Gasteiger partial charge in [-0.3, -0.25) is 15.0 Å². The molecule has 2 heterocycles. The van der Waals surface area contributed by atoms with Crippen molar-refractivity contribution in [3.05, 3.63) is 24.3 Å². The zero-order chi connectivity index (χ0) is 14.8. The molecule has 6 heteroatoms. The summed E-state index contributed by atoms with van der Waals surface area (Å²) < 4.78 is 0. The molecule has 2 aliphatic heterocycles. The van der Waals surface area contributed by atoms with Crippen LogP contribution in [0.25, 0.3) is 0 Å². The van der Waals surface area contributed by atoms with Gasteiger partial charge in [0.15, 0.2) is 0 Å². The molecule has 0 saturated carbocycles. The molecule has 3 amide bonds. The van der Waals surface area contributed by atoms with E-state index in [4.69, 9.17) is 0 Å². The summed E-state index contributed by atoms with van der Waals surface area (Å²) in [6.45, 7) is 5.60. The maximum atomic E-state index is 11.8. The lowest BCUT2D eigenvalue weighted by molar-refractivity contribution is -0.120. The van der Waals surface area contributed by atoms with Crippen molar-refractivity contribution in [2.75, 3.05) is 36.0 Å². The first-order valence-electron chi connectivity index (χ1n) is 7.34. The molecule has 1 atom stereocenters. The summed E-state index contributed by atoms with van der Waals surface area (Å²) in [6, 6.07) is 8.09. The first kappa shape index (κ1) is 13.9. The fraction of sp³-hybridized carbons (Fsp3) is 0.467. The molecule has 21 heavy (non-hydrogen) atoms. The van der Waals surface area contributed by atoms with Crippen molar-refractivity contribution in [2.45, 2.75) is 19.4 Å². The van der Waals surface area contributed by atoms with E-state index in [0.717, 1.165) is 25.3 Å². The molecule has 112 valence electrons. The Morgan fingerprint density at radius 3 is 2.48 bits per heavy atom. The van der Waals surface area contributed by atoms with Gasteiger partial charge in [-0.15, -0.1) is 0 Å². The van der Waals surface area contributed by atoms with Gasteiger partial charge in [-0.2, -0.15) is 0 Å². The second-order valence-corrected chi connectivity index (χ2v) is 5.52. The molecule has 0 aliphatic carbocycles. The molecule has 1 aromatic rings. The van der Waals surface area contributed by atoms with Crippen LogP contribution in [0.15, 0.2) is 24.3 Å². The van der Waals surface area contributed by atoms with Crippen molar-refractivity contribution in [1.29, 1.82) is 0 Å². The Morgan fingerprint density at radius 1 is 1.10 bits per heavy atom. The summed E-state index contributed by atoms with van der Waals surface area (Å²) in [6.07, 6.45) is 0.350. The number of hydrogen-bond acceptors (Lipinski definition) is 4. The number of benzene rings is 1. The van der Waals surface area contributed by atoms with Crippen molar-refractivity contribution >= 4 is 23.3 Å². The van der Waals surface area contributed by atoms with E-state index in [-0.39, 0.29) is 11.9 Å². The number of imide groups is 1. The van der Waals surface area contributed by atoms with Crippen LogP contribution in [0.3, 0.4) is 0 Å². The monoisotopic (exact) mass is 288 g/mol. The molecule has 3 rings (SSSR count). The number of carbonyl (C=O) groups excluding carboxylic acids is 2. The van der Waals surface area contributed by atoms with Crippen LogP contribution in [0.1, 0.15) is 13.3 Å². The van der Waals surface area contributed by atoms with E-state index in [1.54, 1.807) is 4.90 Å². The fourth-order valence-electron chi connectivity index (χ4n) is 2.86. The molecule has 0 bridgehead atoms. The van der Waals surface area contributed by atoms with E-state index in [1.165, 1.54) is 5.69 Å². The molecule has 2 fully saturated rings. The number of carbonyl (C=O) groups is 2. The number of anilines is 2. The van der Waals surface area contributed by atoms with Gasteiger partial charge in [0.1, 0.15) is 0 Å². The van der Waals surface area contributed by atoms with Crippen LogP contribution in [0, 0.1) is 0 Å². The second-order valence-electron chi connectivity index (χ2n) is 5.52. The van der Waals surface area contributed by atoms with Crippen molar-refractivity contribution in [3.63, 3.8) is 0 Å². The Bertz CT molecular complexity index is 543. The van der Waals surface area contributed by atoms with E-state index in [2.05, 4.69) is 22.5 Å². The van der Waals surface area contributed by atoms with Crippen LogP contribution in [0.4, 0.5) is 16.2 Å². The maximum absolute atomic E-state index is 11.8. The lowest BCUT2D eigenvalue weighted by atomic mass is 10.1. The van der Waals surface area contributed by atoms with E-state index >= 15 is 0 Å². The average Bonchev–Trinajstić information content (AvgIpc) is 2.48. The van der Waals surface area contributed by atoms with Gasteiger partial charge >= 0.3 is 6.03 Å². The van der Waals surface area contributed by atoms with Gasteiger partial charge in [-0.1, -0.05) is 0 Å². The number of nitrogens with one attached hydrogen (secondary N) is 2. The summed E-state index contributed by atoms with van der Waals surface area (Å²) in [7, 11) is 0. The Balaban J connectivity index is 1.74. The third kappa shape index (κ3) is 2.85. The number of nitrogens with zero attached hydrogens (tertiary/aromatic N) is 2. The highest BCUT2D eigenvalue weighted by atomic mass is 16.2. The van der Waals surface area contributed by atoms with Crippen LogP contribution < -0.4 is 20.4 Å². The van der Waals surface area contributed by atoms with Gasteiger partial charge in [-0.05, 0) is 31.2 Å². The van der Waals surface area contributed by atoms with E-state index < -0.39 is 0 Å². The zero-order valence-electron chi connectivity index (χ0n) is 12.1. The molecule has 0 radical (unpaired) electrons. The first-order valence-corrected chi connectivity index (χ1v) is 7.34. The zero-order valence-corrected chi connectivity index (χ0v) is 12.1. The van der Waals surface area contributed by atoms with E-state index in [9.17, 15) is 9.59 Å². The van der Waals surface area contributed by atoms with Gasteiger partial charge in [0.2, 0.25) is 5.91 Å². The molecule has 6 nitrogen and oxygen atoms in total. The summed E-state index contributed by atoms with van der Waals surface area (Å²) in [5, 5.41) is 5.71. The normalized spacial score (nSPS) is 23.2. The SMILES string of the molecule is C[C@@H]1CNCCN1c1ccc(N2CCC(=O)NC2=O)cc1. The van der Waals surface area contributed by atoms with Crippen molar-refractivity contribution in [1.82, 2.24) is 10.6 Å². The average molecular weight is 288 g/mol. The highest BCUT2D eigenvalue weighted by Crippen LogP contribution is 2.24. The lowest BCUT2D eigenvalue weighted by Gasteiger charge is -2.36. The molecule has 0 spiro atoms. The highest BCUT2D eigenvalue weighted by Gasteiger charge is 2.24. The Hall–Kier alpha value is -2.08. The number of piperazine rings is 1. The summed E-state index contributed by atoms with van der Waals surface area (Å²) in [4.78, 5) is 27.0. The van der Waals surface area contributed by atoms with Crippen LogP contribution in [-0.4, -0.2) is 44.2 Å². The van der Waals surface area contributed by atoms with Crippen LogP contribution in [0.2, 0.25) is 0 Å². The minimum Gasteiger partial charge on any atom is -0.366 e. The number of urea groups is 1. The summed E-state index contributed by atoms with van der Waals surface area (Å²) in [5.41, 5.74) is 1.99. The smallest absolute Gasteiger partial charge is 0.328 e. The molecule has 0 aromatic heterocycles. The predicted molar refractivity (Wildman–Crippen MR) is 81.6 cm³/mol. The standard InChI is InChI=1S/C15H20N4O2/c1-11-10-16-7-9-18(11)12-2-4-13(5-3-12)19-8-6-14(20)17-15(19)21/h2-5,11,16H,6-10H2,1H3,(H,17,20,21)/t11-/m1/s1. The maximum Gasteiger partial charge on any atom is 0.328 e. The Morgan fingerprint density at radius 2 is 1.81 bits per heavy atom. The second kappa shape index (κ2) is 5.73. The fourth-order valence-corrected chi connectivity index (χ4v) is 2.86. The van der Waals surface area contributed by atoms with Crippen LogP contribution >= 0.6 is 0 Å². The van der Waals surface area contributed by atoms with Gasteiger partial charge in [0.25, 0.3) is 0 Å². The molecular formula is C15H20N4O2. The molecule has 2 aliphatic rings. The van der Waals surface area contributed by atoms with E-state index in [1.807, 2.05) is 24.3 Å².